The minimum Gasteiger partial charge on any atom is -0.481 e. The van der Waals surface area contributed by atoms with Gasteiger partial charge in [-0.15, -0.1) is 11.8 Å². The van der Waals surface area contributed by atoms with Crippen molar-refractivity contribution in [2.75, 3.05) is 5.75 Å². The molecule has 3 aromatic rings. The highest BCUT2D eigenvalue weighted by Gasteiger charge is 2.37. The van der Waals surface area contributed by atoms with Gasteiger partial charge in [0.15, 0.2) is 0 Å². The fourth-order valence-corrected chi connectivity index (χ4v) is 4.64. The van der Waals surface area contributed by atoms with Crippen LogP contribution < -0.4 is 0 Å². The van der Waals surface area contributed by atoms with Gasteiger partial charge < -0.3 is 5.11 Å². The Morgan fingerprint density at radius 1 is 0.808 bits per heavy atom. The maximum absolute atomic E-state index is 11.4. The predicted molar refractivity (Wildman–Crippen MR) is 108 cm³/mol. The number of carbonyl (C=O) groups is 1. The highest BCUT2D eigenvalue weighted by atomic mass is 32.2. The second-order valence-electron chi connectivity index (χ2n) is 6.33. The monoisotopic (exact) mass is 362 g/mol. The molecule has 26 heavy (non-hydrogen) atoms. The van der Waals surface area contributed by atoms with Crippen LogP contribution in [0.4, 0.5) is 0 Å². The van der Waals surface area contributed by atoms with Crippen LogP contribution in [-0.4, -0.2) is 16.8 Å². The van der Waals surface area contributed by atoms with Crippen molar-refractivity contribution >= 4 is 17.7 Å². The Morgan fingerprint density at radius 2 is 1.15 bits per heavy atom. The van der Waals surface area contributed by atoms with E-state index in [0.29, 0.717) is 5.75 Å². The van der Waals surface area contributed by atoms with Crippen molar-refractivity contribution in [3.8, 4) is 0 Å². The third-order valence-electron chi connectivity index (χ3n) is 4.51. The lowest BCUT2D eigenvalue weighted by molar-refractivity contribution is -0.140. The van der Waals surface area contributed by atoms with Crippen LogP contribution in [0.2, 0.25) is 0 Å². The molecule has 0 radical (unpaired) electrons. The lowest BCUT2D eigenvalue weighted by atomic mass is 9.84. The summed E-state index contributed by atoms with van der Waals surface area (Å²) >= 11 is 1.68. The summed E-state index contributed by atoms with van der Waals surface area (Å²) in [5.74, 6) is -0.662. The molecule has 0 aliphatic rings. The molecular formula is C23H22O2S. The van der Waals surface area contributed by atoms with Crippen LogP contribution >= 0.6 is 11.8 Å². The van der Waals surface area contributed by atoms with Gasteiger partial charge in [-0.3, -0.25) is 4.79 Å². The average Bonchev–Trinajstić information content (AvgIpc) is 2.70. The normalized spacial score (nSPS) is 12.5. The van der Waals surface area contributed by atoms with Gasteiger partial charge in [-0.2, -0.15) is 0 Å². The molecule has 1 unspecified atom stereocenters. The largest absolute Gasteiger partial charge is 0.481 e. The summed E-state index contributed by atoms with van der Waals surface area (Å²) in [4.78, 5) is 11.4. The summed E-state index contributed by atoms with van der Waals surface area (Å²) in [6, 6.07) is 31.0. The third-order valence-corrected chi connectivity index (χ3v) is 6.32. The van der Waals surface area contributed by atoms with E-state index in [9.17, 15) is 9.90 Å². The molecule has 3 rings (SSSR count). The summed E-state index contributed by atoms with van der Waals surface area (Å²) < 4.78 is -0.451. The summed E-state index contributed by atoms with van der Waals surface area (Å²) in [5, 5.41) is 9.38. The van der Waals surface area contributed by atoms with Gasteiger partial charge >= 0.3 is 5.97 Å². The number of hydrogen-bond acceptors (Lipinski definition) is 2. The number of thioether (sulfide) groups is 1. The van der Waals surface area contributed by atoms with Crippen LogP contribution in [0.3, 0.4) is 0 Å². The van der Waals surface area contributed by atoms with Gasteiger partial charge in [-0.1, -0.05) is 97.9 Å². The molecule has 132 valence electrons. The molecule has 3 aromatic carbocycles. The zero-order chi connectivity index (χ0) is 18.4. The van der Waals surface area contributed by atoms with Gasteiger partial charge in [0, 0.05) is 5.75 Å². The molecular weight excluding hydrogens is 340 g/mol. The fraction of sp³-hybridized carbons (Fsp3) is 0.174. The molecule has 1 atom stereocenters. The molecule has 0 spiro atoms. The van der Waals surface area contributed by atoms with E-state index >= 15 is 0 Å². The van der Waals surface area contributed by atoms with Gasteiger partial charge in [-0.25, -0.2) is 0 Å². The minimum absolute atomic E-state index is 0.421. The van der Waals surface area contributed by atoms with E-state index in [-0.39, 0.29) is 0 Å². The Labute approximate surface area is 158 Å². The summed E-state index contributed by atoms with van der Waals surface area (Å²) in [6.45, 7) is 1.76. The van der Waals surface area contributed by atoms with Crippen molar-refractivity contribution in [1.82, 2.24) is 0 Å². The van der Waals surface area contributed by atoms with E-state index in [1.54, 1.807) is 18.7 Å². The van der Waals surface area contributed by atoms with Crippen molar-refractivity contribution in [2.45, 2.75) is 11.7 Å². The average molecular weight is 362 g/mol. The van der Waals surface area contributed by atoms with Crippen LogP contribution in [0, 0.1) is 5.92 Å². The van der Waals surface area contributed by atoms with E-state index < -0.39 is 16.6 Å². The third kappa shape index (κ3) is 3.68. The van der Waals surface area contributed by atoms with Crippen molar-refractivity contribution in [2.24, 2.45) is 5.92 Å². The number of aliphatic carboxylic acids is 1. The Kier molecular flexibility index (Phi) is 5.79. The second kappa shape index (κ2) is 8.24. The highest BCUT2D eigenvalue weighted by Crippen LogP contribution is 2.48. The van der Waals surface area contributed by atoms with Crippen LogP contribution in [0.25, 0.3) is 0 Å². The quantitative estimate of drug-likeness (QED) is 0.569. The number of hydrogen-bond donors (Lipinski definition) is 1. The van der Waals surface area contributed by atoms with Gasteiger partial charge in [0.2, 0.25) is 0 Å². The molecule has 1 N–H and O–H groups in total. The Hall–Kier alpha value is -2.52. The van der Waals surface area contributed by atoms with E-state index in [0.717, 1.165) is 16.7 Å². The number of benzene rings is 3. The maximum Gasteiger partial charge on any atom is 0.307 e. The molecule has 0 bridgehead atoms. The Balaban J connectivity index is 2.19. The van der Waals surface area contributed by atoms with Crippen LogP contribution in [0.1, 0.15) is 23.6 Å². The Bertz CT molecular complexity index is 735. The van der Waals surface area contributed by atoms with E-state index in [4.69, 9.17) is 0 Å². The number of carboxylic acids is 1. The van der Waals surface area contributed by atoms with Crippen LogP contribution in [0.15, 0.2) is 91.0 Å². The SMILES string of the molecule is CC(CSC(c1ccccc1)(c1ccccc1)c1ccccc1)C(=O)O. The van der Waals surface area contributed by atoms with Crippen molar-refractivity contribution in [3.05, 3.63) is 108 Å². The summed E-state index contributed by atoms with van der Waals surface area (Å²) in [6.07, 6.45) is 0. The van der Waals surface area contributed by atoms with Crippen molar-refractivity contribution in [1.29, 1.82) is 0 Å². The van der Waals surface area contributed by atoms with Gasteiger partial charge in [0.05, 0.1) is 10.7 Å². The first kappa shape index (κ1) is 18.3. The Morgan fingerprint density at radius 3 is 1.46 bits per heavy atom. The standard InChI is InChI=1S/C23H22O2S/c1-18(22(24)25)17-26-23(19-11-5-2-6-12-19,20-13-7-3-8-14-20)21-15-9-4-10-16-21/h2-16,18H,17H2,1H3,(H,24,25). The van der Waals surface area contributed by atoms with E-state index in [1.807, 2.05) is 54.6 Å². The summed E-state index contributed by atoms with van der Waals surface area (Å²) in [5.41, 5.74) is 3.46. The lowest BCUT2D eigenvalue weighted by Gasteiger charge is -2.36. The number of rotatable bonds is 7. The fourth-order valence-electron chi connectivity index (χ4n) is 3.09. The highest BCUT2D eigenvalue weighted by molar-refractivity contribution is 8.00. The lowest BCUT2D eigenvalue weighted by Crippen LogP contribution is -2.28. The maximum atomic E-state index is 11.4. The van der Waals surface area contributed by atoms with Crippen LogP contribution in [-0.2, 0) is 9.54 Å². The van der Waals surface area contributed by atoms with E-state index in [2.05, 4.69) is 36.4 Å². The molecule has 0 saturated heterocycles. The van der Waals surface area contributed by atoms with Crippen LogP contribution in [0.5, 0.6) is 0 Å². The van der Waals surface area contributed by atoms with Crippen molar-refractivity contribution < 1.29 is 9.90 Å². The molecule has 0 fully saturated rings. The first-order valence-electron chi connectivity index (χ1n) is 8.68. The molecule has 0 aliphatic carbocycles. The van der Waals surface area contributed by atoms with Crippen molar-refractivity contribution in [3.63, 3.8) is 0 Å². The minimum atomic E-state index is -0.763. The van der Waals surface area contributed by atoms with Gasteiger partial charge in [0.25, 0.3) is 0 Å². The summed E-state index contributed by atoms with van der Waals surface area (Å²) in [7, 11) is 0. The smallest absolute Gasteiger partial charge is 0.307 e. The molecule has 3 heteroatoms. The van der Waals surface area contributed by atoms with E-state index in [1.165, 1.54) is 0 Å². The topological polar surface area (TPSA) is 37.3 Å². The second-order valence-corrected chi connectivity index (χ2v) is 7.56. The molecule has 0 aromatic heterocycles. The first-order chi connectivity index (χ1) is 12.6. The zero-order valence-corrected chi connectivity index (χ0v) is 15.5. The molecule has 0 heterocycles. The zero-order valence-electron chi connectivity index (χ0n) is 14.7. The molecule has 0 aliphatic heterocycles. The molecule has 0 saturated carbocycles. The molecule has 0 amide bonds. The first-order valence-corrected chi connectivity index (χ1v) is 9.66. The molecule has 2 nitrogen and oxygen atoms in total. The number of carboxylic acid groups (broad SMARTS) is 1. The van der Waals surface area contributed by atoms with Gasteiger partial charge in [-0.05, 0) is 16.7 Å². The van der Waals surface area contributed by atoms with Gasteiger partial charge in [0.1, 0.15) is 0 Å². The predicted octanol–water partition coefficient (Wildman–Crippen LogP) is 5.43.